The molecule has 0 saturated heterocycles. The predicted molar refractivity (Wildman–Crippen MR) is 146 cm³/mol. The summed E-state index contributed by atoms with van der Waals surface area (Å²) < 4.78 is 60.0. The maximum Gasteiger partial charge on any atom is 0.490 e. The third kappa shape index (κ3) is 8.71. The summed E-state index contributed by atoms with van der Waals surface area (Å²) in [5.41, 5.74) is 2.15. The van der Waals surface area contributed by atoms with Gasteiger partial charge in [0, 0.05) is 12.2 Å². The van der Waals surface area contributed by atoms with Gasteiger partial charge in [-0.05, 0) is 79.3 Å². The summed E-state index contributed by atoms with van der Waals surface area (Å²) in [4.78, 5) is 22.1. The molecular weight excluding hydrogens is 545 g/mol. The lowest BCUT2D eigenvalue weighted by atomic mass is 9.88. The highest BCUT2D eigenvalue weighted by molar-refractivity contribution is 7.92. The molecule has 4 rings (SSSR count). The number of aliphatic carboxylic acids is 1. The van der Waals surface area contributed by atoms with Crippen molar-refractivity contribution < 1.29 is 36.3 Å². The fraction of sp³-hybridized carbons (Fsp3) is 0.517. The molecule has 0 unspecified atom stereocenters. The Morgan fingerprint density at radius 3 is 2.00 bits per heavy atom. The van der Waals surface area contributed by atoms with Gasteiger partial charge in [-0.25, -0.2) is 13.2 Å². The number of rotatable bonds is 9. The number of sulfonamides is 1. The highest BCUT2D eigenvalue weighted by Crippen LogP contribution is 2.48. The van der Waals surface area contributed by atoms with E-state index in [2.05, 4.69) is 23.9 Å². The lowest BCUT2D eigenvalue weighted by molar-refractivity contribution is -0.192. The number of carbonyl (C=O) groups is 2. The van der Waals surface area contributed by atoms with E-state index in [1.54, 1.807) is 24.3 Å². The van der Waals surface area contributed by atoms with Crippen molar-refractivity contribution in [2.45, 2.75) is 81.7 Å². The molecule has 2 aliphatic carbocycles. The second-order valence-corrected chi connectivity index (χ2v) is 12.7. The Hall–Kier alpha value is -3.08. The van der Waals surface area contributed by atoms with Crippen LogP contribution in [-0.2, 0) is 31.4 Å². The summed E-state index contributed by atoms with van der Waals surface area (Å²) in [6.07, 6.45) is 3.80. The average Bonchev–Trinajstić information content (AvgIpc) is 3.70. The minimum atomic E-state index is -5.08. The first-order valence-electron chi connectivity index (χ1n) is 13.5. The summed E-state index contributed by atoms with van der Waals surface area (Å²) >= 11 is 0. The Labute approximate surface area is 233 Å². The van der Waals surface area contributed by atoms with E-state index in [9.17, 15) is 26.4 Å². The van der Waals surface area contributed by atoms with Gasteiger partial charge >= 0.3 is 12.1 Å². The van der Waals surface area contributed by atoms with Gasteiger partial charge in [0.15, 0.2) is 0 Å². The van der Waals surface area contributed by atoms with Gasteiger partial charge in [0.25, 0.3) is 10.0 Å². The lowest BCUT2D eigenvalue weighted by Crippen LogP contribution is -2.38. The number of amides is 1. The Bertz CT molecular complexity index is 1250. The van der Waals surface area contributed by atoms with Gasteiger partial charge in [-0.3, -0.25) is 9.52 Å². The van der Waals surface area contributed by atoms with Gasteiger partial charge in [0.05, 0.1) is 10.3 Å². The van der Waals surface area contributed by atoms with Gasteiger partial charge in [0.2, 0.25) is 5.91 Å². The van der Waals surface area contributed by atoms with Crippen LogP contribution in [0.1, 0.15) is 69.9 Å². The topological polar surface area (TPSA) is 113 Å². The number of nitrogens with one attached hydrogen (secondary N) is 2. The van der Waals surface area contributed by atoms with Gasteiger partial charge < -0.3 is 10.4 Å². The summed E-state index contributed by atoms with van der Waals surface area (Å²) in [6.45, 7) is 5.05. The molecule has 11 heteroatoms. The SMILES string of the molecule is CC(C)Cc1ccc(S(=O)(=O)Nc2ccc(C3(C(=O)NCC4CCCCC4)CC3)cc2)cc1.O=C(O)C(F)(F)F. The van der Waals surface area contributed by atoms with Crippen molar-refractivity contribution in [3.8, 4) is 0 Å². The van der Waals surface area contributed by atoms with E-state index in [0.717, 1.165) is 36.9 Å². The Balaban J connectivity index is 0.000000559. The number of carbonyl (C=O) groups excluding carboxylic acids is 1. The number of halogens is 3. The molecule has 0 heterocycles. The van der Waals surface area contributed by atoms with Crippen LogP contribution in [0.3, 0.4) is 0 Å². The maximum atomic E-state index is 12.9. The van der Waals surface area contributed by atoms with E-state index in [1.807, 2.05) is 24.3 Å². The maximum absolute atomic E-state index is 12.9. The van der Waals surface area contributed by atoms with Crippen molar-refractivity contribution in [3.05, 3.63) is 59.7 Å². The van der Waals surface area contributed by atoms with Crippen LogP contribution in [0.4, 0.5) is 18.9 Å². The van der Waals surface area contributed by atoms with Crippen LogP contribution >= 0.6 is 0 Å². The summed E-state index contributed by atoms with van der Waals surface area (Å²) in [5, 5.41) is 10.3. The second-order valence-electron chi connectivity index (χ2n) is 11.0. The van der Waals surface area contributed by atoms with Crippen LogP contribution in [0, 0.1) is 11.8 Å². The zero-order valence-electron chi connectivity index (χ0n) is 22.8. The smallest absolute Gasteiger partial charge is 0.475 e. The molecule has 0 spiro atoms. The highest BCUT2D eigenvalue weighted by atomic mass is 32.2. The number of carboxylic acids is 1. The van der Waals surface area contributed by atoms with Gasteiger partial charge in [-0.1, -0.05) is 57.4 Å². The van der Waals surface area contributed by atoms with E-state index < -0.39 is 27.6 Å². The van der Waals surface area contributed by atoms with Gasteiger partial charge in [0.1, 0.15) is 0 Å². The molecule has 7 nitrogen and oxygen atoms in total. The summed E-state index contributed by atoms with van der Waals surface area (Å²) in [6, 6.07) is 14.4. The molecule has 0 bridgehead atoms. The molecule has 2 aromatic rings. The molecule has 1 amide bonds. The third-order valence-electron chi connectivity index (χ3n) is 7.27. The molecule has 40 heavy (non-hydrogen) atoms. The van der Waals surface area contributed by atoms with Crippen molar-refractivity contribution in [2.75, 3.05) is 11.3 Å². The minimum Gasteiger partial charge on any atom is -0.475 e. The zero-order chi connectivity index (χ0) is 29.6. The molecule has 3 N–H and O–H groups in total. The minimum absolute atomic E-state index is 0.114. The van der Waals surface area contributed by atoms with Gasteiger partial charge in [-0.15, -0.1) is 0 Å². The Kier molecular flexibility index (Phi) is 10.3. The monoisotopic (exact) mass is 582 g/mol. The van der Waals surface area contributed by atoms with E-state index in [4.69, 9.17) is 9.90 Å². The molecule has 2 aromatic carbocycles. The second kappa shape index (κ2) is 13.1. The van der Waals surface area contributed by atoms with Crippen molar-refractivity contribution in [1.29, 1.82) is 0 Å². The fourth-order valence-corrected chi connectivity index (χ4v) is 5.98. The quantitative estimate of drug-likeness (QED) is 0.333. The van der Waals surface area contributed by atoms with Crippen LogP contribution in [0.25, 0.3) is 0 Å². The van der Waals surface area contributed by atoms with E-state index >= 15 is 0 Å². The first kappa shape index (κ1) is 31.4. The molecule has 2 fully saturated rings. The lowest BCUT2D eigenvalue weighted by Gasteiger charge is -2.23. The average molecular weight is 583 g/mol. The summed E-state index contributed by atoms with van der Waals surface area (Å²) in [7, 11) is -3.66. The molecule has 220 valence electrons. The zero-order valence-corrected chi connectivity index (χ0v) is 23.6. The van der Waals surface area contributed by atoms with Gasteiger partial charge in [-0.2, -0.15) is 13.2 Å². The number of carboxylic acid groups (broad SMARTS) is 1. The van der Waals surface area contributed by atoms with E-state index in [1.165, 1.54) is 32.1 Å². The number of benzene rings is 2. The number of hydrogen-bond acceptors (Lipinski definition) is 4. The normalized spacial score (nSPS) is 16.9. The molecule has 0 atom stereocenters. The standard InChI is InChI=1S/C27H36N2O3S.C2HF3O2/c1-20(2)18-21-8-14-25(15-9-21)33(31,32)29-24-12-10-23(11-13-24)27(16-17-27)26(30)28-19-22-6-4-3-5-7-22;3-2(4,5)1(6)7/h8-15,20,22,29H,3-7,16-19H2,1-2H3,(H,28,30);(H,6,7). The number of anilines is 1. The Morgan fingerprint density at radius 2 is 1.52 bits per heavy atom. The number of alkyl halides is 3. The first-order chi connectivity index (χ1) is 18.7. The Morgan fingerprint density at radius 1 is 0.975 bits per heavy atom. The van der Waals surface area contributed by atoms with Crippen LogP contribution < -0.4 is 10.0 Å². The molecule has 0 aromatic heterocycles. The van der Waals surface area contributed by atoms with Crippen LogP contribution in [0.15, 0.2) is 53.4 Å². The molecule has 0 aliphatic heterocycles. The van der Waals surface area contributed by atoms with Crippen LogP contribution in [0.2, 0.25) is 0 Å². The van der Waals surface area contributed by atoms with E-state index in [-0.39, 0.29) is 10.8 Å². The molecular formula is C29H37F3N2O5S. The summed E-state index contributed by atoms with van der Waals surface area (Å²) in [5.74, 6) is -1.52. The third-order valence-corrected chi connectivity index (χ3v) is 8.67. The van der Waals surface area contributed by atoms with Crippen molar-refractivity contribution >= 4 is 27.6 Å². The van der Waals surface area contributed by atoms with Crippen molar-refractivity contribution in [2.24, 2.45) is 11.8 Å². The fourth-order valence-electron chi connectivity index (χ4n) is 4.92. The van der Waals surface area contributed by atoms with Crippen LogP contribution in [-0.4, -0.2) is 38.1 Å². The number of hydrogen-bond donors (Lipinski definition) is 3. The molecule has 2 saturated carbocycles. The van der Waals surface area contributed by atoms with Crippen molar-refractivity contribution in [3.63, 3.8) is 0 Å². The molecule has 0 radical (unpaired) electrons. The van der Waals surface area contributed by atoms with E-state index in [0.29, 0.717) is 17.5 Å². The van der Waals surface area contributed by atoms with Crippen molar-refractivity contribution in [1.82, 2.24) is 5.32 Å². The predicted octanol–water partition coefficient (Wildman–Crippen LogP) is 6.05. The van der Waals surface area contributed by atoms with Crippen LogP contribution in [0.5, 0.6) is 0 Å². The molecule has 2 aliphatic rings. The highest BCUT2D eigenvalue weighted by Gasteiger charge is 2.51. The first-order valence-corrected chi connectivity index (χ1v) is 15.0. The largest absolute Gasteiger partial charge is 0.490 e.